The maximum atomic E-state index is 13.5. The summed E-state index contributed by atoms with van der Waals surface area (Å²) in [6, 6.07) is 26.5. The summed E-state index contributed by atoms with van der Waals surface area (Å²) in [5.74, 6) is -0.835. The third kappa shape index (κ3) is 8.58. The Kier molecular flexibility index (Phi) is 11.5. The molecule has 53 heavy (non-hydrogen) atoms. The molecule has 0 unspecified atom stereocenters. The van der Waals surface area contributed by atoms with E-state index in [2.05, 4.69) is 41.5 Å². The van der Waals surface area contributed by atoms with Crippen molar-refractivity contribution in [3.8, 4) is 6.07 Å². The van der Waals surface area contributed by atoms with Crippen LogP contribution in [0.5, 0.6) is 0 Å². The van der Waals surface area contributed by atoms with Crippen LogP contribution in [-0.4, -0.2) is 85.5 Å². The second kappa shape index (κ2) is 16.8. The molecule has 0 bridgehead atoms. The van der Waals surface area contributed by atoms with Gasteiger partial charge < -0.3 is 41.4 Å². The van der Waals surface area contributed by atoms with Gasteiger partial charge in [-0.3, -0.25) is 9.59 Å². The number of aliphatic hydroxyl groups excluding tert-OH is 2. The van der Waals surface area contributed by atoms with Gasteiger partial charge in [-0.15, -0.1) is 0 Å². The lowest BCUT2D eigenvalue weighted by Gasteiger charge is -2.20. The summed E-state index contributed by atoms with van der Waals surface area (Å²) in [6.07, 6.45) is -0.564. The topological polar surface area (TPSA) is 219 Å². The van der Waals surface area contributed by atoms with Crippen molar-refractivity contribution in [2.45, 2.75) is 50.0 Å². The van der Waals surface area contributed by atoms with E-state index in [1.165, 1.54) is 6.33 Å². The number of hydrogen-bond donors (Lipinski definition) is 7. The Morgan fingerprint density at radius 2 is 1.57 bits per heavy atom. The first kappa shape index (κ1) is 36.4. The van der Waals surface area contributed by atoms with Gasteiger partial charge in [0, 0.05) is 37.7 Å². The van der Waals surface area contributed by atoms with Crippen molar-refractivity contribution in [3.63, 3.8) is 0 Å². The number of carbonyl (C=O) groups is 3. The van der Waals surface area contributed by atoms with Crippen LogP contribution < -0.4 is 26.6 Å². The number of anilines is 2. The molecule has 7 N–H and O–H groups in total. The summed E-state index contributed by atoms with van der Waals surface area (Å²) in [5, 5.41) is 45.1. The summed E-state index contributed by atoms with van der Waals surface area (Å²) < 4.78 is 1.60. The second-order valence-corrected chi connectivity index (χ2v) is 12.6. The molecule has 5 aromatic rings. The zero-order valence-corrected chi connectivity index (χ0v) is 28.9. The maximum Gasteiger partial charge on any atom is 0.319 e. The monoisotopic (exact) mass is 716 g/mol. The number of nitrogens with one attached hydrogen (secondary N) is 5. The van der Waals surface area contributed by atoms with Crippen LogP contribution in [0.1, 0.15) is 59.0 Å². The van der Waals surface area contributed by atoms with Crippen LogP contribution >= 0.6 is 0 Å². The lowest BCUT2D eigenvalue weighted by Crippen LogP contribution is -2.42. The molecule has 1 fully saturated rings. The number of nitriles is 1. The predicted molar refractivity (Wildman–Crippen MR) is 197 cm³/mol. The van der Waals surface area contributed by atoms with Crippen LogP contribution in [0.15, 0.2) is 91.3 Å². The smallest absolute Gasteiger partial charge is 0.319 e. The summed E-state index contributed by atoms with van der Waals surface area (Å²) in [4.78, 5) is 51.8. The predicted octanol–water partition coefficient (Wildman–Crippen LogP) is 3.05. The zero-order valence-electron chi connectivity index (χ0n) is 28.9. The second-order valence-electron chi connectivity index (χ2n) is 12.6. The SMILES string of the molecule is CCC(=O)N[C@H]1C[C@@H](n2cnc3c(NCC(c4ccccc4)c4ccccc4)nc(C(=O)NCCNC(=O)Nc4ccc(C#N)cc4)nc32)[C@H](O)[C@@H]1O. The molecule has 4 atom stereocenters. The number of fused-ring (bicyclic) bond motifs is 1. The molecular formula is C38H40N10O5. The minimum Gasteiger partial charge on any atom is -0.388 e. The molecule has 272 valence electrons. The molecule has 4 amide bonds. The van der Waals surface area contributed by atoms with Gasteiger partial charge in [-0.2, -0.15) is 5.26 Å². The number of urea groups is 1. The summed E-state index contributed by atoms with van der Waals surface area (Å²) in [6.45, 7) is 2.24. The third-order valence-electron chi connectivity index (χ3n) is 9.15. The number of amides is 4. The maximum absolute atomic E-state index is 13.5. The van der Waals surface area contributed by atoms with Crippen molar-refractivity contribution < 1.29 is 24.6 Å². The van der Waals surface area contributed by atoms with Gasteiger partial charge in [-0.1, -0.05) is 67.6 Å². The highest BCUT2D eigenvalue weighted by atomic mass is 16.3. The number of aromatic nitrogens is 4. The van der Waals surface area contributed by atoms with E-state index in [0.29, 0.717) is 29.1 Å². The Balaban J connectivity index is 1.23. The molecule has 0 aliphatic heterocycles. The van der Waals surface area contributed by atoms with Crippen molar-refractivity contribution >= 4 is 40.5 Å². The van der Waals surface area contributed by atoms with Gasteiger partial charge in [0.15, 0.2) is 11.5 Å². The van der Waals surface area contributed by atoms with E-state index < -0.39 is 36.2 Å². The fourth-order valence-corrected chi connectivity index (χ4v) is 6.35. The quantitative estimate of drug-likeness (QED) is 0.0883. The number of imidazole rings is 1. The Hall–Kier alpha value is -6.37. The lowest BCUT2D eigenvalue weighted by molar-refractivity contribution is -0.122. The van der Waals surface area contributed by atoms with Crippen molar-refractivity contribution in [3.05, 3.63) is 114 Å². The molecule has 2 aromatic heterocycles. The molecule has 2 heterocycles. The average molecular weight is 717 g/mol. The minimum absolute atomic E-state index is 0.0550. The normalized spacial score (nSPS) is 17.9. The fraction of sp³-hybridized carbons (Fsp3) is 0.289. The molecule has 15 nitrogen and oxygen atoms in total. The van der Waals surface area contributed by atoms with Crippen LogP contribution in [0.3, 0.4) is 0 Å². The summed E-state index contributed by atoms with van der Waals surface area (Å²) in [7, 11) is 0. The number of hydrogen-bond acceptors (Lipinski definition) is 10. The van der Waals surface area contributed by atoms with Crippen molar-refractivity contribution in [1.29, 1.82) is 5.26 Å². The number of aliphatic hydroxyl groups is 2. The first-order valence-corrected chi connectivity index (χ1v) is 17.3. The van der Waals surface area contributed by atoms with Gasteiger partial charge in [-0.05, 0) is 41.8 Å². The third-order valence-corrected chi connectivity index (χ3v) is 9.15. The fourth-order valence-electron chi connectivity index (χ4n) is 6.35. The molecule has 1 saturated carbocycles. The number of carbonyl (C=O) groups excluding carboxylic acids is 3. The largest absolute Gasteiger partial charge is 0.388 e. The van der Waals surface area contributed by atoms with Crippen LogP contribution in [0.4, 0.5) is 16.3 Å². The average Bonchev–Trinajstić information content (AvgIpc) is 3.73. The van der Waals surface area contributed by atoms with E-state index in [1.54, 1.807) is 35.8 Å². The number of rotatable bonds is 13. The summed E-state index contributed by atoms with van der Waals surface area (Å²) in [5.41, 5.74) is 3.71. The van der Waals surface area contributed by atoms with E-state index in [9.17, 15) is 24.6 Å². The van der Waals surface area contributed by atoms with Gasteiger partial charge in [0.05, 0.1) is 30.0 Å². The molecule has 1 aliphatic carbocycles. The van der Waals surface area contributed by atoms with Gasteiger partial charge in [-0.25, -0.2) is 19.7 Å². The molecule has 0 spiro atoms. The van der Waals surface area contributed by atoms with E-state index >= 15 is 0 Å². The Morgan fingerprint density at radius 1 is 0.906 bits per heavy atom. The van der Waals surface area contributed by atoms with E-state index in [-0.39, 0.29) is 49.2 Å². The van der Waals surface area contributed by atoms with Crippen LogP contribution in [0.25, 0.3) is 11.2 Å². The standard InChI is InChI=1S/C38H40N10O5/c1-2-30(49)45-28-19-29(33(51)32(28)50)48-22-43-31-34(42-21-27(24-9-5-3-6-10-24)25-11-7-4-8-12-25)46-35(47-36(31)48)37(52)40-17-18-41-38(53)44-26-15-13-23(20-39)14-16-26/h3-16,22,27-29,32-33,50-51H,2,17-19,21H2,1H3,(H,40,52)(H,45,49)(H2,41,44,53)(H,42,46,47)/t28-,29+,32+,33-/m0/s1. The van der Waals surface area contributed by atoms with E-state index in [0.717, 1.165) is 11.1 Å². The van der Waals surface area contributed by atoms with Gasteiger partial charge in [0.2, 0.25) is 11.7 Å². The first-order chi connectivity index (χ1) is 25.7. The molecule has 6 rings (SSSR count). The number of nitrogens with zero attached hydrogens (tertiary/aromatic N) is 5. The van der Waals surface area contributed by atoms with Gasteiger partial charge in [0.25, 0.3) is 5.91 Å². The molecule has 15 heteroatoms. The van der Waals surface area contributed by atoms with Crippen molar-refractivity contribution in [1.82, 2.24) is 35.5 Å². The summed E-state index contributed by atoms with van der Waals surface area (Å²) >= 11 is 0. The zero-order chi connectivity index (χ0) is 37.3. The Bertz CT molecular complexity index is 2050. The highest BCUT2D eigenvalue weighted by Gasteiger charge is 2.43. The number of benzene rings is 3. The molecular weight excluding hydrogens is 676 g/mol. The molecule has 0 saturated heterocycles. The van der Waals surface area contributed by atoms with Crippen LogP contribution in [-0.2, 0) is 4.79 Å². The Labute approximate surface area is 305 Å². The van der Waals surface area contributed by atoms with Crippen LogP contribution in [0.2, 0.25) is 0 Å². The molecule has 1 aliphatic rings. The van der Waals surface area contributed by atoms with Crippen molar-refractivity contribution in [2.75, 3.05) is 30.3 Å². The lowest BCUT2D eigenvalue weighted by atomic mass is 9.91. The molecule has 3 aromatic carbocycles. The van der Waals surface area contributed by atoms with Gasteiger partial charge in [0.1, 0.15) is 17.7 Å². The molecule has 0 radical (unpaired) electrons. The van der Waals surface area contributed by atoms with E-state index in [1.807, 2.05) is 66.7 Å². The van der Waals surface area contributed by atoms with Crippen LogP contribution in [0, 0.1) is 11.3 Å². The van der Waals surface area contributed by atoms with Gasteiger partial charge >= 0.3 is 6.03 Å². The van der Waals surface area contributed by atoms with Crippen molar-refractivity contribution in [2.24, 2.45) is 0 Å². The Morgan fingerprint density at radius 3 is 2.21 bits per heavy atom. The minimum atomic E-state index is -1.25. The van der Waals surface area contributed by atoms with E-state index in [4.69, 9.17) is 5.26 Å². The highest BCUT2D eigenvalue weighted by molar-refractivity contribution is 5.94. The first-order valence-electron chi connectivity index (χ1n) is 17.3. The highest BCUT2D eigenvalue weighted by Crippen LogP contribution is 2.34.